The van der Waals surface area contributed by atoms with Crippen molar-refractivity contribution in [2.45, 2.75) is 63.1 Å². The van der Waals surface area contributed by atoms with Crippen molar-refractivity contribution in [1.29, 1.82) is 0 Å². The van der Waals surface area contributed by atoms with Crippen LogP contribution in [0.1, 0.15) is 46.4 Å². The molecule has 0 amide bonds. The van der Waals surface area contributed by atoms with Crippen LogP contribution in [0.25, 0.3) is 0 Å². The van der Waals surface area contributed by atoms with Gasteiger partial charge in [-0.15, -0.1) is 0 Å². The Morgan fingerprint density at radius 3 is 2.46 bits per heavy atom. The Balaban J connectivity index is 1.39. The summed E-state index contributed by atoms with van der Waals surface area (Å²) in [5, 5.41) is 4.19. The second-order valence-corrected chi connectivity index (χ2v) is 10.00. The van der Waals surface area contributed by atoms with Crippen LogP contribution >= 0.6 is 0 Å². The number of carbonyl (C=O) groups is 1. The van der Waals surface area contributed by atoms with Crippen LogP contribution < -0.4 is 0 Å². The number of ether oxygens (including phenoxy) is 1. The maximum Gasteiger partial charge on any atom is 0.204 e. The lowest BCUT2D eigenvalue weighted by atomic mass is 9.91. The summed E-state index contributed by atoms with van der Waals surface area (Å²) in [5.74, 6) is -0.723. The van der Waals surface area contributed by atoms with Gasteiger partial charge in [0.05, 0.1) is 25.5 Å². The number of ketones is 1. The summed E-state index contributed by atoms with van der Waals surface area (Å²) in [6.07, 6.45) is 6.63. The van der Waals surface area contributed by atoms with Crippen LogP contribution in [0.3, 0.4) is 0 Å². The minimum atomic E-state index is -3.74. The van der Waals surface area contributed by atoms with Crippen molar-refractivity contribution in [2.75, 3.05) is 12.4 Å². The third-order valence-electron chi connectivity index (χ3n) is 6.18. The van der Waals surface area contributed by atoms with E-state index in [1.54, 1.807) is 10.7 Å². The fourth-order valence-corrected chi connectivity index (χ4v) is 6.11. The van der Waals surface area contributed by atoms with E-state index in [0.717, 1.165) is 49.8 Å². The first-order chi connectivity index (χ1) is 13.5. The fourth-order valence-electron chi connectivity index (χ4n) is 4.90. The molecule has 6 nitrogen and oxygen atoms in total. The molecule has 0 atom stereocenters. The number of fused-ring (bicyclic) bond motifs is 3. The minimum absolute atomic E-state index is 0.00938. The number of aromatic nitrogens is 2. The van der Waals surface area contributed by atoms with E-state index in [2.05, 4.69) is 11.2 Å². The molecule has 5 rings (SSSR count). The van der Waals surface area contributed by atoms with Crippen molar-refractivity contribution >= 4 is 15.6 Å². The molecule has 2 heterocycles. The molecule has 7 heteroatoms. The molecular formula is C21H24N2O4S. The van der Waals surface area contributed by atoms with Crippen molar-refractivity contribution in [2.24, 2.45) is 0 Å². The van der Waals surface area contributed by atoms with Crippen LogP contribution in [-0.2, 0) is 64.6 Å². The minimum Gasteiger partial charge on any atom is -0.373 e. The first-order valence-electron chi connectivity index (χ1n) is 10.1. The standard InChI is InChI=1S/C21H24N2O4S/c24-17(13-28(25,26)21-10-16-12-27-8-7-23(16)22-21)11-20-18-5-1-3-14(18)9-15-4-2-6-19(15)20/h9-10H,1-8,11-13H2. The summed E-state index contributed by atoms with van der Waals surface area (Å²) in [4.78, 5) is 12.8. The van der Waals surface area contributed by atoms with E-state index >= 15 is 0 Å². The zero-order valence-electron chi connectivity index (χ0n) is 15.9. The lowest BCUT2D eigenvalue weighted by Crippen LogP contribution is -2.20. The van der Waals surface area contributed by atoms with E-state index in [1.165, 1.54) is 22.3 Å². The van der Waals surface area contributed by atoms with E-state index in [9.17, 15) is 13.2 Å². The van der Waals surface area contributed by atoms with E-state index < -0.39 is 15.6 Å². The quantitative estimate of drug-likeness (QED) is 0.767. The number of nitrogens with zero attached hydrogens (tertiary/aromatic N) is 2. The highest BCUT2D eigenvalue weighted by molar-refractivity contribution is 7.92. The lowest BCUT2D eigenvalue weighted by Gasteiger charge is -2.14. The summed E-state index contributed by atoms with van der Waals surface area (Å²) >= 11 is 0. The summed E-state index contributed by atoms with van der Waals surface area (Å²) < 4.78 is 32.6. The molecule has 1 aromatic carbocycles. The maximum absolute atomic E-state index is 12.8. The average molecular weight is 401 g/mol. The second-order valence-electron chi connectivity index (χ2n) is 8.06. The molecule has 0 fully saturated rings. The van der Waals surface area contributed by atoms with E-state index in [1.807, 2.05) is 0 Å². The Hall–Kier alpha value is -1.99. The topological polar surface area (TPSA) is 78.3 Å². The molecule has 3 aliphatic rings. The van der Waals surface area contributed by atoms with Crippen molar-refractivity contribution < 1.29 is 17.9 Å². The second kappa shape index (κ2) is 6.81. The maximum atomic E-state index is 12.8. The van der Waals surface area contributed by atoms with Crippen molar-refractivity contribution in [1.82, 2.24) is 9.78 Å². The van der Waals surface area contributed by atoms with Crippen LogP contribution in [0.5, 0.6) is 0 Å². The van der Waals surface area contributed by atoms with Crippen LogP contribution in [-0.4, -0.2) is 36.3 Å². The Kier molecular flexibility index (Phi) is 4.39. The monoisotopic (exact) mass is 400 g/mol. The highest BCUT2D eigenvalue weighted by Crippen LogP contribution is 2.35. The highest BCUT2D eigenvalue weighted by Gasteiger charge is 2.28. The Morgan fingerprint density at radius 1 is 1.07 bits per heavy atom. The molecule has 0 radical (unpaired) electrons. The zero-order chi connectivity index (χ0) is 19.3. The first-order valence-corrected chi connectivity index (χ1v) is 11.7. The number of carbonyl (C=O) groups excluding carboxylic acids is 1. The summed E-state index contributed by atoms with van der Waals surface area (Å²) in [7, 11) is -3.74. The number of sulfone groups is 1. The van der Waals surface area contributed by atoms with Crippen LogP contribution in [0, 0.1) is 0 Å². The van der Waals surface area contributed by atoms with Gasteiger partial charge < -0.3 is 4.74 Å². The number of hydrogen-bond donors (Lipinski definition) is 0. The molecule has 2 aliphatic carbocycles. The Labute approximate surface area is 164 Å². The van der Waals surface area contributed by atoms with Gasteiger partial charge in [0.25, 0.3) is 0 Å². The van der Waals surface area contributed by atoms with Gasteiger partial charge in [-0.05, 0) is 66.3 Å². The Bertz CT molecular complexity index is 1010. The molecule has 0 bridgehead atoms. The fraction of sp³-hybridized carbons (Fsp3) is 0.524. The molecule has 1 aliphatic heterocycles. The molecular weight excluding hydrogens is 376 g/mol. The third-order valence-corrected chi connectivity index (χ3v) is 7.72. The number of aryl methyl sites for hydroxylation is 2. The van der Waals surface area contributed by atoms with Gasteiger partial charge in [-0.1, -0.05) is 6.07 Å². The molecule has 28 heavy (non-hydrogen) atoms. The predicted molar refractivity (Wildman–Crippen MR) is 103 cm³/mol. The predicted octanol–water partition coefficient (Wildman–Crippen LogP) is 1.98. The number of Topliss-reactive ketones (excluding diaryl/α,β-unsaturated/α-hetero) is 1. The van der Waals surface area contributed by atoms with Gasteiger partial charge >= 0.3 is 0 Å². The van der Waals surface area contributed by atoms with E-state index in [0.29, 0.717) is 19.8 Å². The highest BCUT2D eigenvalue weighted by atomic mass is 32.2. The molecule has 0 spiro atoms. The van der Waals surface area contributed by atoms with Crippen molar-refractivity contribution in [3.05, 3.63) is 45.6 Å². The van der Waals surface area contributed by atoms with Gasteiger partial charge in [-0.2, -0.15) is 5.10 Å². The van der Waals surface area contributed by atoms with Gasteiger partial charge in [0, 0.05) is 12.5 Å². The van der Waals surface area contributed by atoms with Gasteiger partial charge in [0.15, 0.2) is 10.8 Å². The van der Waals surface area contributed by atoms with Crippen molar-refractivity contribution in [3.8, 4) is 0 Å². The average Bonchev–Trinajstić information content (AvgIpc) is 3.39. The van der Waals surface area contributed by atoms with Gasteiger partial charge in [-0.25, -0.2) is 8.42 Å². The number of benzene rings is 1. The van der Waals surface area contributed by atoms with Crippen LogP contribution in [0.2, 0.25) is 0 Å². The molecule has 148 valence electrons. The van der Waals surface area contributed by atoms with Crippen LogP contribution in [0.4, 0.5) is 0 Å². The van der Waals surface area contributed by atoms with Gasteiger partial charge in [0.1, 0.15) is 5.75 Å². The summed E-state index contributed by atoms with van der Waals surface area (Å²) in [6.45, 7) is 1.43. The Morgan fingerprint density at radius 2 is 1.79 bits per heavy atom. The normalized spacial score (nSPS) is 18.0. The van der Waals surface area contributed by atoms with E-state index in [-0.39, 0.29) is 17.2 Å². The van der Waals surface area contributed by atoms with Crippen LogP contribution in [0.15, 0.2) is 17.2 Å². The summed E-state index contributed by atoms with van der Waals surface area (Å²) in [5.41, 5.74) is 7.22. The molecule has 1 aromatic heterocycles. The zero-order valence-corrected chi connectivity index (χ0v) is 16.7. The first kappa shape index (κ1) is 18.1. The smallest absolute Gasteiger partial charge is 0.204 e. The van der Waals surface area contributed by atoms with Gasteiger partial charge in [-0.3, -0.25) is 9.48 Å². The van der Waals surface area contributed by atoms with Gasteiger partial charge in [0.2, 0.25) is 9.84 Å². The molecule has 0 saturated heterocycles. The van der Waals surface area contributed by atoms with Crippen molar-refractivity contribution in [3.63, 3.8) is 0 Å². The largest absolute Gasteiger partial charge is 0.373 e. The van der Waals surface area contributed by atoms with E-state index in [4.69, 9.17) is 4.74 Å². The lowest BCUT2D eigenvalue weighted by molar-refractivity contribution is -0.116. The molecule has 2 aromatic rings. The summed E-state index contributed by atoms with van der Waals surface area (Å²) in [6, 6.07) is 3.87. The molecule has 0 unspecified atom stereocenters. The number of rotatable bonds is 5. The SMILES string of the molecule is O=C(Cc1c2c(cc3c1CCC3)CCC2)CS(=O)(=O)c1cc2n(n1)CCOC2. The third kappa shape index (κ3) is 3.10. The molecule has 0 N–H and O–H groups in total. The number of hydrogen-bond acceptors (Lipinski definition) is 5. The molecule has 0 saturated carbocycles.